The Balaban J connectivity index is 2.31. The zero-order valence-corrected chi connectivity index (χ0v) is 10.8. The summed E-state index contributed by atoms with van der Waals surface area (Å²) in [4.78, 5) is 9.18. The molecule has 0 spiro atoms. The molecule has 0 fully saturated rings. The van der Waals surface area contributed by atoms with Gasteiger partial charge in [0.05, 0.1) is 0 Å². The second-order valence-corrected chi connectivity index (χ2v) is 4.99. The van der Waals surface area contributed by atoms with Gasteiger partial charge in [-0.25, -0.2) is 9.97 Å². The first-order valence-corrected chi connectivity index (χ1v) is 6.33. The maximum Gasteiger partial charge on any atom is 0.116 e. The summed E-state index contributed by atoms with van der Waals surface area (Å²) in [5.74, 6) is 0. The molecule has 3 nitrogen and oxygen atoms in total. The van der Waals surface area contributed by atoms with Crippen molar-refractivity contribution in [1.29, 1.82) is 0 Å². The minimum Gasteiger partial charge on any atom is -0.326 e. The Labute approximate surface area is 107 Å². The summed E-state index contributed by atoms with van der Waals surface area (Å²) in [6, 6.07) is 7.91. The number of hydrogen-bond acceptors (Lipinski definition) is 4. The van der Waals surface area contributed by atoms with Crippen LogP contribution in [0.15, 0.2) is 51.2 Å². The summed E-state index contributed by atoms with van der Waals surface area (Å²) in [6.07, 6.45) is 3.28. The van der Waals surface area contributed by atoms with E-state index in [1.165, 1.54) is 0 Å². The van der Waals surface area contributed by atoms with Crippen LogP contribution in [0.3, 0.4) is 0 Å². The summed E-state index contributed by atoms with van der Waals surface area (Å²) in [6.45, 7) is 0.509. The topological polar surface area (TPSA) is 51.8 Å². The van der Waals surface area contributed by atoms with Gasteiger partial charge in [0.15, 0.2) is 0 Å². The lowest BCUT2D eigenvalue weighted by molar-refractivity contribution is 1.01. The van der Waals surface area contributed by atoms with Crippen LogP contribution in [0, 0.1) is 0 Å². The van der Waals surface area contributed by atoms with Gasteiger partial charge in [-0.1, -0.05) is 33.8 Å². The highest BCUT2D eigenvalue weighted by Crippen LogP contribution is 2.32. The molecule has 0 radical (unpaired) electrons. The van der Waals surface area contributed by atoms with Gasteiger partial charge in [0.2, 0.25) is 0 Å². The molecule has 0 saturated carbocycles. The second kappa shape index (κ2) is 5.43. The number of aromatic nitrogens is 2. The quantitative estimate of drug-likeness (QED) is 0.885. The van der Waals surface area contributed by atoms with Crippen molar-refractivity contribution < 1.29 is 0 Å². The predicted molar refractivity (Wildman–Crippen MR) is 68.2 cm³/mol. The number of benzene rings is 1. The van der Waals surface area contributed by atoms with Crippen molar-refractivity contribution in [2.24, 2.45) is 5.73 Å². The Morgan fingerprint density at radius 3 is 2.88 bits per heavy atom. The molecule has 2 aromatic rings. The van der Waals surface area contributed by atoms with E-state index in [4.69, 9.17) is 5.73 Å². The Bertz CT molecular complexity index is 476. The molecule has 2 N–H and O–H groups in total. The fraction of sp³-hybridized carbons (Fsp3) is 0.0909. The summed E-state index contributed by atoms with van der Waals surface area (Å²) < 4.78 is 1.04. The van der Waals surface area contributed by atoms with Crippen LogP contribution in [0.4, 0.5) is 0 Å². The van der Waals surface area contributed by atoms with Crippen LogP contribution < -0.4 is 5.73 Å². The van der Waals surface area contributed by atoms with Gasteiger partial charge < -0.3 is 5.73 Å². The van der Waals surface area contributed by atoms with Crippen LogP contribution in [0.5, 0.6) is 0 Å². The highest BCUT2D eigenvalue weighted by molar-refractivity contribution is 9.10. The maximum atomic E-state index is 5.73. The molecular formula is C11H10BrN3S. The Kier molecular flexibility index (Phi) is 3.93. The van der Waals surface area contributed by atoms with Crippen LogP contribution in [-0.2, 0) is 6.54 Å². The predicted octanol–water partition coefficient (Wildman–Crippen LogP) is 2.85. The molecule has 5 heteroatoms. The zero-order chi connectivity index (χ0) is 11.4. The van der Waals surface area contributed by atoms with E-state index in [1.807, 2.05) is 24.3 Å². The van der Waals surface area contributed by atoms with E-state index < -0.39 is 0 Å². The summed E-state index contributed by atoms with van der Waals surface area (Å²) in [5, 5.41) is 0.919. The lowest BCUT2D eigenvalue weighted by Crippen LogP contribution is -1.99. The number of nitrogens with two attached hydrogens (primary N) is 1. The van der Waals surface area contributed by atoms with E-state index in [9.17, 15) is 0 Å². The minimum absolute atomic E-state index is 0.509. The molecule has 0 unspecified atom stereocenters. The van der Waals surface area contributed by atoms with Crippen molar-refractivity contribution in [2.45, 2.75) is 16.5 Å². The molecule has 82 valence electrons. The average Bonchev–Trinajstić information content (AvgIpc) is 2.31. The van der Waals surface area contributed by atoms with E-state index in [0.29, 0.717) is 6.54 Å². The molecule has 1 aromatic heterocycles. The molecule has 0 amide bonds. The van der Waals surface area contributed by atoms with Crippen LogP contribution >= 0.6 is 27.7 Å². The number of hydrogen-bond donors (Lipinski definition) is 1. The molecule has 0 saturated heterocycles. The standard InChI is InChI=1S/C11H10BrN3S/c12-9-2-1-3-10(8(9)6-13)16-11-4-5-14-7-15-11/h1-5,7H,6,13H2. The van der Waals surface area contributed by atoms with Crippen molar-refractivity contribution >= 4 is 27.7 Å². The number of halogens is 1. The number of nitrogens with zero attached hydrogens (tertiary/aromatic N) is 2. The monoisotopic (exact) mass is 295 g/mol. The molecule has 16 heavy (non-hydrogen) atoms. The van der Waals surface area contributed by atoms with Gasteiger partial charge in [0, 0.05) is 22.1 Å². The normalized spacial score (nSPS) is 10.4. The largest absolute Gasteiger partial charge is 0.326 e. The first kappa shape index (κ1) is 11.6. The van der Waals surface area contributed by atoms with E-state index in [1.54, 1.807) is 24.3 Å². The third-order valence-corrected chi connectivity index (χ3v) is 3.85. The van der Waals surface area contributed by atoms with E-state index in [-0.39, 0.29) is 0 Å². The Morgan fingerprint density at radius 2 is 2.19 bits per heavy atom. The third kappa shape index (κ3) is 2.61. The highest BCUT2D eigenvalue weighted by atomic mass is 79.9. The van der Waals surface area contributed by atoms with Gasteiger partial charge >= 0.3 is 0 Å². The first-order valence-electron chi connectivity index (χ1n) is 4.72. The van der Waals surface area contributed by atoms with Crippen molar-refractivity contribution in [2.75, 3.05) is 0 Å². The highest BCUT2D eigenvalue weighted by Gasteiger charge is 2.06. The summed E-state index contributed by atoms with van der Waals surface area (Å²) in [7, 11) is 0. The molecule has 0 bridgehead atoms. The van der Waals surface area contributed by atoms with E-state index >= 15 is 0 Å². The molecule has 0 aliphatic rings. The molecular weight excluding hydrogens is 286 g/mol. The summed E-state index contributed by atoms with van der Waals surface area (Å²) in [5.41, 5.74) is 6.83. The van der Waals surface area contributed by atoms with Gasteiger partial charge in [-0.3, -0.25) is 0 Å². The SMILES string of the molecule is NCc1c(Br)cccc1Sc1ccncn1. The van der Waals surface area contributed by atoms with Crippen molar-refractivity contribution in [3.8, 4) is 0 Å². The molecule has 1 heterocycles. The van der Waals surface area contributed by atoms with Gasteiger partial charge in [-0.2, -0.15) is 0 Å². The van der Waals surface area contributed by atoms with E-state index in [0.717, 1.165) is 20.0 Å². The Hall–Kier alpha value is -0.910. The van der Waals surface area contributed by atoms with Crippen LogP contribution in [0.2, 0.25) is 0 Å². The third-order valence-electron chi connectivity index (χ3n) is 2.05. The lowest BCUT2D eigenvalue weighted by atomic mass is 10.2. The lowest BCUT2D eigenvalue weighted by Gasteiger charge is -2.08. The minimum atomic E-state index is 0.509. The van der Waals surface area contributed by atoms with Gasteiger partial charge in [0.1, 0.15) is 11.4 Å². The smallest absolute Gasteiger partial charge is 0.116 e. The van der Waals surface area contributed by atoms with Gasteiger partial charge in [0.25, 0.3) is 0 Å². The fourth-order valence-electron chi connectivity index (χ4n) is 1.28. The maximum absolute atomic E-state index is 5.73. The van der Waals surface area contributed by atoms with Gasteiger partial charge in [-0.15, -0.1) is 0 Å². The van der Waals surface area contributed by atoms with Gasteiger partial charge in [-0.05, 0) is 23.8 Å². The fourth-order valence-corrected chi connectivity index (χ4v) is 2.86. The van der Waals surface area contributed by atoms with Crippen LogP contribution in [0.1, 0.15) is 5.56 Å². The molecule has 0 aliphatic carbocycles. The van der Waals surface area contributed by atoms with Crippen molar-refractivity contribution in [1.82, 2.24) is 9.97 Å². The average molecular weight is 296 g/mol. The number of rotatable bonds is 3. The van der Waals surface area contributed by atoms with Crippen LogP contribution in [0.25, 0.3) is 0 Å². The molecule has 0 aliphatic heterocycles. The van der Waals surface area contributed by atoms with Crippen molar-refractivity contribution in [3.05, 3.63) is 46.8 Å². The zero-order valence-electron chi connectivity index (χ0n) is 8.43. The molecule has 0 atom stereocenters. The van der Waals surface area contributed by atoms with E-state index in [2.05, 4.69) is 25.9 Å². The second-order valence-electron chi connectivity index (χ2n) is 3.07. The van der Waals surface area contributed by atoms with Crippen molar-refractivity contribution in [3.63, 3.8) is 0 Å². The van der Waals surface area contributed by atoms with Crippen LogP contribution in [-0.4, -0.2) is 9.97 Å². The first-order chi connectivity index (χ1) is 7.81. The Morgan fingerprint density at radius 1 is 1.31 bits per heavy atom. The summed E-state index contributed by atoms with van der Waals surface area (Å²) >= 11 is 5.09. The molecule has 2 rings (SSSR count). The molecule has 1 aromatic carbocycles.